The molecule has 0 saturated carbocycles. The van der Waals surface area contributed by atoms with Crippen LogP contribution in [0, 0.1) is 5.92 Å². The molecule has 1 aromatic heterocycles. The molecule has 2 saturated heterocycles. The van der Waals surface area contributed by atoms with Gasteiger partial charge in [-0.1, -0.05) is 6.07 Å². The summed E-state index contributed by atoms with van der Waals surface area (Å²) in [6.07, 6.45) is -3.37. The normalized spacial score (nSPS) is 20.2. The first kappa shape index (κ1) is 16.0. The van der Waals surface area contributed by atoms with Crippen LogP contribution in [0.3, 0.4) is 0 Å². The summed E-state index contributed by atoms with van der Waals surface area (Å²) < 4.78 is 48.4. The number of hydrogen-bond acceptors (Lipinski definition) is 4. The Bertz CT molecular complexity index is 567. The van der Waals surface area contributed by atoms with E-state index in [0.717, 1.165) is 18.9 Å². The van der Waals surface area contributed by atoms with E-state index >= 15 is 0 Å². The minimum Gasteiger partial charge on any atom is -0.471 e. The van der Waals surface area contributed by atoms with Crippen molar-refractivity contribution >= 4 is 5.91 Å². The summed E-state index contributed by atoms with van der Waals surface area (Å²) in [5.41, 5.74) is -0.982. The number of hydrogen-bond donors (Lipinski definition) is 0. The van der Waals surface area contributed by atoms with Crippen molar-refractivity contribution in [3.63, 3.8) is 0 Å². The Hall–Kier alpha value is -1.83. The van der Waals surface area contributed by atoms with Crippen molar-refractivity contribution in [3.05, 3.63) is 23.9 Å². The zero-order chi connectivity index (χ0) is 16.4. The molecular formula is C15H17F3N2O3. The molecule has 2 aliphatic heterocycles. The number of aromatic nitrogens is 1. The van der Waals surface area contributed by atoms with Gasteiger partial charge in [0.2, 0.25) is 11.8 Å². The van der Waals surface area contributed by atoms with Crippen LogP contribution in [-0.4, -0.2) is 48.2 Å². The standard InChI is InChI=1S/C15H17F3N2O3/c16-15(17,18)12-2-1-3-13(19-12)23-11-8-20(9-11)14(21)10-4-6-22-7-5-10/h1-3,10-11H,4-9H2. The molecule has 0 N–H and O–H groups in total. The van der Waals surface area contributed by atoms with Crippen LogP contribution >= 0.6 is 0 Å². The van der Waals surface area contributed by atoms with Crippen molar-refractivity contribution in [3.8, 4) is 5.88 Å². The van der Waals surface area contributed by atoms with E-state index in [1.807, 2.05) is 0 Å². The fourth-order valence-corrected chi connectivity index (χ4v) is 2.70. The SMILES string of the molecule is O=C(C1CCOCC1)N1CC(Oc2cccc(C(F)(F)F)n2)C1. The van der Waals surface area contributed by atoms with Gasteiger partial charge in [-0.3, -0.25) is 4.79 Å². The summed E-state index contributed by atoms with van der Waals surface area (Å²) in [7, 11) is 0. The van der Waals surface area contributed by atoms with Crippen LogP contribution in [0.15, 0.2) is 18.2 Å². The second kappa shape index (κ2) is 6.35. The highest BCUT2D eigenvalue weighted by Crippen LogP contribution is 2.29. The van der Waals surface area contributed by atoms with Gasteiger partial charge in [-0.25, -0.2) is 4.98 Å². The average molecular weight is 330 g/mol. The molecule has 0 atom stereocenters. The zero-order valence-electron chi connectivity index (χ0n) is 12.4. The Labute approximate surface area is 131 Å². The van der Waals surface area contributed by atoms with Crippen molar-refractivity contribution in [2.75, 3.05) is 26.3 Å². The number of amides is 1. The van der Waals surface area contributed by atoms with Gasteiger partial charge in [0, 0.05) is 25.2 Å². The Morgan fingerprint density at radius 2 is 1.96 bits per heavy atom. The molecule has 8 heteroatoms. The molecule has 0 bridgehead atoms. The minimum atomic E-state index is -4.50. The Morgan fingerprint density at radius 1 is 1.26 bits per heavy atom. The molecule has 1 amide bonds. The van der Waals surface area contributed by atoms with Crippen LogP contribution in [0.25, 0.3) is 0 Å². The molecule has 1 aromatic rings. The number of alkyl halides is 3. The van der Waals surface area contributed by atoms with Gasteiger partial charge in [-0.2, -0.15) is 13.2 Å². The first-order chi connectivity index (χ1) is 10.9. The predicted octanol–water partition coefficient (Wildman–Crippen LogP) is 2.12. The molecule has 0 aromatic carbocycles. The molecule has 5 nitrogen and oxygen atoms in total. The lowest BCUT2D eigenvalue weighted by molar-refractivity contribution is -0.147. The third kappa shape index (κ3) is 3.74. The third-order valence-corrected chi connectivity index (χ3v) is 4.03. The Morgan fingerprint density at radius 3 is 2.61 bits per heavy atom. The maximum absolute atomic E-state index is 12.6. The largest absolute Gasteiger partial charge is 0.471 e. The molecule has 0 radical (unpaired) electrons. The lowest BCUT2D eigenvalue weighted by Gasteiger charge is -2.41. The highest BCUT2D eigenvalue weighted by atomic mass is 19.4. The van der Waals surface area contributed by atoms with Gasteiger partial charge in [0.25, 0.3) is 0 Å². The summed E-state index contributed by atoms with van der Waals surface area (Å²) in [6.45, 7) is 1.96. The number of nitrogens with zero attached hydrogens (tertiary/aromatic N) is 2. The van der Waals surface area contributed by atoms with Crippen LogP contribution in [0.4, 0.5) is 13.2 Å². The number of pyridine rings is 1. The van der Waals surface area contributed by atoms with Crippen LogP contribution < -0.4 is 4.74 Å². The smallest absolute Gasteiger partial charge is 0.433 e. The Kier molecular flexibility index (Phi) is 4.43. The van der Waals surface area contributed by atoms with E-state index < -0.39 is 11.9 Å². The van der Waals surface area contributed by atoms with Crippen LogP contribution in [-0.2, 0) is 15.7 Å². The van der Waals surface area contributed by atoms with Crippen LogP contribution in [0.1, 0.15) is 18.5 Å². The second-order valence-corrected chi connectivity index (χ2v) is 5.73. The van der Waals surface area contributed by atoms with Crippen molar-refractivity contribution < 1.29 is 27.4 Å². The maximum atomic E-state index is 12.6. The summed E-state index contributed by atoms with van der Waals surface area (Å²) in [5.74, 6) is -0.00970. The fourth-order valence-electron chi connectivity index (χ4n) is 2.70. The molecule has 0 aliphatic carbocycles. The molecule has 3 rings (SSSR count). The molecular weight excluding hydrogens is 313 g/mol. The molecule has 2 fully saturated rings. The highest BCUT2D eigenvalue weighted by Gasteiger charge is 2.37. The van der Waals surface area contributed by atoms with Gasteiger partial charge < -0.3 is 14.4 Å². The van der Waals surface area contributed by atoms with E-state index in [2.05, 4.69) is 4.98 Å². The van der Waals surface area contributed by atoms with Gasteiger partial charge in [0.15, 0.2) is 0 Å². The second-order valence-electron chi connectivity index (χ2n) is 5.73. The number of rotatable bonds is 3. The summed E-state index contributed by atoms with van der Waals surface area (Å²) in [6, 6.07) is 3.54. The number of carbonyl (C=O) groups excluding carboxylic acids is 1. The van der Waals surface area contributed by atoms with Gasteiger partial charge in [-0.05, 0) is 18.9 Å². The quantitative estimate of drug-likeness (QED) is 0.852. The summed E-state index contributed by atoms with van der Waals surface area (Å²) in [5, 5.41) is 0. The van der Waals surface area contributed by atoms with E-state index in [9.17, 15) is 18.0 Å². The van der Waals surface area contributed by atoms with Crippen molar-refractivity contribution in [2.24, 2.45) is 5.92 Å². The molecule has 2 aliphatic rings. The van der Waals surface area contributed by atoms with Crippen LogP contribution in [0.5, 0.6) is 5.88 Å². The average Bonchev–Trinajstić information content (AvgIpc) is 2.50. The first-order valence-electron chi connectivity index (χ1n) is 7.51. The van der Waals surface area contributed by atoms with Gasteiger partial charge >= 0.3 is 6.18 Å². The van der Waals surface area contributed by atoms with Crippen molar-refractivity contribution in [1.82, 2.24) is 9.88 Å². The fraction of sp³-hybridized carbons (Fsp3) is 0.600. The third-order valence-electron chi connectivity index (χ3n) is 4.03. The molecule has 23 heavy (non-hydrogen) atoms. The van der Waals surface area contributed by atoms with E-state index in [0.29, 0.717) is 26.3 Å². The number of ether oxygens (including phenoxy) is 2. The molecule has 0 unspecified atom stereocenters. The van der Waals surface area contributed by atoms with Crippen molar-refractivity contribution in [2.45, 2.75) is 25.1 Å². The molecule has 0 spiro atoms. The van der Waals surface area contributed by atoms with Gasteiger partial charge in [-0.15, -0.1) is 0 Å². The van der Waals surface area contributed by atoms with E-state index in [1.165, 1.54) is 12.1 Å². The van der Waals surface area contributed by atoms with E-state index in [4.69, 9.17) is 9.47 Å². The Balaban J connectivity index is 1.51. The minimum absolute atomic E-state index is 0.0172. The van der Waals surface area contributed by atoms with Gasteiger partial charge in [0.1, 0.15) is 11.8 Å². The van der Waals surface area contributed by atoms with Crippen molar-refractivity contribution in [1.29, 1.82) is 0 Å². The maximum Gasteiger partial charge on any atom is 0.433 e. The van der Waals surface area contributed by atoms with E-state index in [-0.39, 0.29) is 23.8 Å². The lowest BCUT2D eigenvalue weighted by Crippen LogP contribution is -2.58. The molecule has 126 valence electrons. The zero-order valence-corrected chi connectivity index (χ0v) is 12.4. The lowest BCUT2D eigenvalue weighted by atomic mass is 9.96. The number of carbonyl (C=O) groups is 1. The van der Waals surface area contributed by atoms with Gasteiger partial charge in [0.05, 0.1) is 13.1 Å². The highest BCUT2D eigenvalue weighted by molar-refractivity contribution is 5.79. The van der Waals surface area contributed by atoms with E-state index in [1.54, 1.807) is 4.90 Å². The monoisotopic (exact) mass is 330 g/mol. The van der Waals surface area contributed by atoms with Crippen LogP contribution in [0.2, 0.25) is 0 Å². The number of likely N-dealkylation sites (tertiary alicyclic amines) is 1. The first-order valence-corrected chi connectivity index (χ1v) is 7.51. The summed E-state index contributed by atoms with van der Waals surface area (Å²) in [4.78, 5) is 17.3. The predicted molar refractivity (Wildman–Crippen MR) is 73.8 cm³/mol. The summed E-state index contributed by atoms with van der Waals surface area (Å²) >= 11 is 0. The molecule has 3 heterocycles. The topological polar surface area (TPSA) is 51.7 Å². The number of halogens is 3.